The molecule has 0 bridgehead atoms. The fourth-order valence-electron chi connectivity index (χ4n) is 1.25. The van der Waals surface area contributed by atoms with Crippen molar-refractivity contribution in [2.24, 2.45) is 0 Å². The first-order chi connectivity index (χ1) is 6.76. The van der Waals surface area contributed by atoms with Gasteiger partial charge in [0.25, 0.3) is 0 Å². The molecule has 1 aromatic rings. The Hall–Kier alpha value is -0.540. The normalized spacial score (nSPS) is 11.5. The minimum atomic E-state index is -0.970. The number of hydrogen-bond acceptors (Lipinski definition) is 1. The monoisotopic (exact) mass is 290 g/mol. The standard InChI is InChI=1S/C11H12BrClO2/c1-6-4-7(9(13)5-8(6)12)11(2,3)10(14)15/h4-5H,1-3H3,(H,14,15). The van der Waals surface area contributed by atoms with Crippen LogP contribution in [-0.4, -0.2) is 11.1 Å². The van der Waals surface area contributed by atoms with E-state index in [9.17, 15) is 4.79 Å². The lowest BCUT2D eigenvalue weighted by Crippen LogP contribution is -2.29. The number of carboxylic acids is 1. The highest BCUT2D eigenvalue weighted by Gasteiger charge is 2.31. The topological polar surface area (TPSA) is 37.3 Å². The predicted octanol–water partition coefficient (Wildman–Crippen LogP) is 3.77. The highest BCUT2D eigenvalue weighted by molar-refractivity contribution is 9.10. The summed E-state index contributed by atoms with van der Waals surface area (Å²) in [7, 11) is 0. The number of rotatable bonds is 2. The van der Waals surface area contributed by atoms with Gasteiger partial charge in [-0.2, -0.15) is 0 Å². The maximum atomic E-state index is 11.1. The third kappa shape index (κ3) is 2.34. The van der Waals surface area contributed by atoms with Gasteiger partial charge >= 0.3 is 5.97 Å². The van der Waals surface area contributed by atoms with Crippen molar-refractivity contribution >= 4 is 33.5 Å². The Morgan fingerprint density at radius 1 is 1.47 bits per heavy atom. The summed E-state index contributed by atoms with van der Waals surface area (Å²) in [6, 6.07) is 3.54. The van der Waals surface area contributed by atoms with E-state index in [1.165, 1.54) is 0 Å². The molecule has 4 heteroatoms. The summed E-state index contributed by atoms with van der Waals surface area (Å²) in [5, 5.41) is 9.58. The van der Waals surface area contributed by atoms with Crippen molar-refractivity contribution in [3.05, 3.63) is 32.8 Å². The molecular weight excluding hydrogens is 279 g/mol. The van der Waals surface area contributed by atoms with E-state index in [2.05, 4.69) is 15.9 Å². The number of hydrogen-bond donors (Lipinski definition) is 1. The van der Waals surface area contributed by atoms with Crippen molar-refractivity contribution in [2.75, 3.05) is 0 Å². The first-order valence-corrected chi connectivity index (χ1v) is 5.63. The zero-order chi connectivity index (χ0) is 11.8. The van der Waals surface area contributed by atoms with Gasteiger partial charge in [0.1, 0.15) is 0 Å². The zero-order valence-electron chi connectivity index (χ0n) is 8.77. The van der Waals surface area contributed by atoms with E-state index in [0.29, 0.717) is 10.6 Å². The summed E-state index contributed by atoms with van der Waals surface area (Å²) in [5.74, 6) is -0.883. The quantitative estimate of drug-likeness (QED) is 0.900. The minimum absolute atomic E-state index is 0.472. The van der Waals surface area contributed by atoms with Crippen LogP contribution in [0.5, 0.6) is 0 Å². The Morgan fingerprint density at radius 2 is 2.00 bits per heavy atom. The summed E-state index contributed by atoms with van der Waals surface area (Å²) in [6.07, 6.45) is 0. The maximum Gasteiger partial charge on any atom is 0.313 e. The molecule has 0 unspecified atom stereocenters. The summed E-state index contributed by atoms with van der Waals surface area (Å²) < 4.78 is 0.887. The van der Waals surface area contributed by atoms with Gasteiger partial charge < -0.3 is 5.11 Å². The summed E-state index contributed by atoms with van der Waals surface area (Å²) in [4.78, 5) is 11.1. The number of aliphatic carboxylic acids is 1. The average Bonchev–Trinajstić information content (AvgIpc) is 2.10. The lowest BCUT2D eigenvalue weighted by atomic mass is 9.84. The van der Waals surface area contributed by atoms with Gasteiger partial charge in [0, 0.05) is 9.50 Å². The van der Waals surface area contributed by atoms with Gasteiger partial charge in [-0.3, -0.25) is 4.79 Å². The third-order valence-electron chi connectivity index (χ3n) is 2.46. The molecule has 15 heavy (non-hydrogen) atoms. The van der Waals surface area contributed by atoms with Crippen molar-refractivity contribution in [1.29, 1.82) is 0 Å². The van der Waals surface area contributed by atoms with Crippen LogP contribution < -0.4 is 0 Å². The SMILES string of the molecule is Cc1cc(C(C)(C)C(=O)O)c(Cl)cc1Br. The second-order valence-electron chi connectivity index (χ2n) is 4.01. The van der Waals surface area contributed by atoms with Crippen LogP contribution in [0, 0.1) is 6.92 Å². The van der Waals surface area contributed by atoms with Gasteiger partial charge in [0.05, 0.1) is 5.41 Å². The highest BCUT2D eigenvalue weighted by atomic mass is 79.9. The van der Waals surface area contributed by atoms with E-state index in [0.717, 1.165) is 10.0 Å². The molecule has 0 radical (unpaired) electrons. The molecule has 0 fully saturated rings. The highest BCUT2D eigenvalue weighted by Crippen LogP contribution is 2.34. The van der Waals surface area contributed by atoms with Crippen molar-refractivity contribution in [3.8, 4) is 0 Å². The average molecular weight is 292 g/mol. The Kier molecular flexibility index (Phi) is 3.46. The van der Waals surface area contributed by atoms with Crippen LogP contribution in [0.4, 0.5) is 0 Å². The Morgan fingerprint density at radius 3 is 2.47 bits per heavy atom. The molecule has 1 aromatic carbocycles. The van der Waals surface area contributed by atoms with E-state index >= 15 is 0 Å². The Labute approximate surface area is 102 Å². The first-order valence-electron chi connectivity index (χ1n) is 4.46. The fourth-order valence-corrected chi connectivity index (χ4v) is 2.13. The number of carbonyl (C=O) groups is 1. The molecule has 0 heterocycles. The van der Waals surface area contributed by atoms with Gasteiger partial charge in [-0.25, -0.2) is 0 Å². The van der Waals surface area contributed by atoms with Crippen LogP contribution in [0.25, 0.3) is 0 Å². The molecule has 0 spiro atoms. The van der Waals surface area contributed by atoms with Crippen LogP contribution in [0.3, 0.4) is 0 Å². The molecule has 0 aliphatic rings. The Balaban J connectivity index is 3.38. The second kappa shape index (κ2) is 4.14. The van der Waals surface area contributed by atoms with E-state index in [4.69, 9.17) is 16.7 Å². The van der Waals surface area contributed by atoms with Gasteiger partial charge in [-0.15, -0.1) is 0 Å². The smallest absolute Gasteiger partial charge is 0.313 e. The summed E-state index contributed by atoms with van der Waals surface area (Å²) in [5.41, 5.74) is 0.642. The Bertz CT molecular complexity index is 413. The lowest BCUT2D eigenvalue weighted by molar-refractivity contribution is -0.142. The van der Waals surface area contributed by atoms with Crippen molar-refractivity contribution < 1.29 is 9.90 Å². The van der Waals surface area contributed by atoms with Crippen LogP contribution in [0.15, 0.2) is 16.6 Å². The van der Waals surface area contributed by atoms with Crippen LogP contribution in [0.1, 0.15) is 25.0 Å². The third-order valence-corrected chi connectivity index (χ3v) is 3.62. The second-order valence-corrected chi connectivity index (χ2v) is 5.27. The molecule has 0 atom stereocenters. The van der Waals surface area contributed by atoms with Crippen molar-refractivity contribution in [2.45, 2.75) is 26.2 Å². The van der Waals surface area contributed by atoms with E-state index in [-0.39, 0.29) is 0 Å². The number of aryl methyl sites for hydroxylation is 1. The molecule has 1 N–H and O–H groups in total. The lowest BCUT2D eigenvalue weighted by Gasteiger charge is -2.22. The van der Waals surface area contributed by atoms with Crippen LogP contribution in [0.2, 0.25) is 5.02 Å². The molecule has 0 aromatic heterocycles. The molecule has 2 nitrogen and oxygen atoms in total. The first kappa shape index (κ1) is 12.5. The molecule has 1 rings (SSSR count). The van der Waals surface area contributed by atoms with Gasteiger partial charge in [-0.1, -0.05) is 33.6 Å². The summed E-state index contributed by atoms with van der Waals surface area (Å²) in [6.45, 7) is 5.19. The molecule has 0 aliphatic carbocycles. The molecule has 0 saturated carbocycles. The van der Waals surface area contributed by atoms with E-state index in [1.54, 1.807) is 26.0 Å². The van der Waals surface area contributed by atoms with E-state index in [1.807, 2.05) is 6.92 Å². The molecule has 0 saturated heterocycles. The molecular formula is C11H12BrClO2. The molecule has 0 amide bonds. The predicted molar refractivity (Wildman–Crippen MR) is 64.6 cm³/mol. The minimum Gasteiger partial charge on any atom is -0.481 e. The number of carboxylic acid groups (broad SMARTS) is 1. The van der Waals surface area contributed by atoms with Crippen LogP contribution in [-0.2, 0) is 10.2 Å². The van der Waals surface area contributed by atoms with E-state index < -0.39 is 11.4 Å². The fraction of sp³-hybridized carbons (Fsp3) is 0.364. The van der Waals surface area contributed by atoms with Gasteiger partial charge in [-0.05, 0) is 38.0 Å². The summed E-state index contributed by atoms with van der Waals surface area (Å²) >= 11 is 9.39. The largest absolute Gasteiger partial charge is 0.481 e. The van der Waals surface area contributed by atoms with Gasteiger partial charge in [0.15, 0.2) is 0 Å². The zero-order valence-corrected chi connectivity index (χ0v) is 11.1. The molecule has 82 valence electrons. The van der Waals surface area contributed by atoms with Crippen LogP contribution >= 0.6 is 27.5 Å². The van der Waals surface area contributed by atoms with Crippen molar-refractivity contribution in [1.82, 2.24) is 0 Å². The number of benzene rings is 1. The number of halogens is 2. The van der Waals surface area contributed by atoms with Crippen molar-refractivity contribution in [3.63, 3.8) is 0 Å². The molecule has 0 aliphatic heterocycles. The maximum absolute atomic E-state index is 11.1. The van der Waals surface area contributed by atoms with Gasteiger partial charge in [0.2, 0.25) is 0 Å².